The summed E-state index contributed by atoms with van der Waals surface area (Å²) in [6, 6.07) is 12.2. The average molecular weight is 321 g/mol. The summed E-state index contributed by atoms with van der Waals surface area (Å²) in [6.07, 6.45) is 3.58. The van der Waals surface area contributed by atoms with E-state index in [1.807, 2.05) is 18.2 Å². The quantitative estimate of drug-likeness (QED) is 0.894. The van der Waals surface area contributed by atoms with Crippen molar-refractivity contribution in [3.63, 3.8) is 0 Å². The van der Waals surface area contributed by atoms with E-state index in [1.165, 1.54) is 5.39 Å². The van der Waals surface area contributed by atoms with Crippen LogP contribution in [-0.2, 0) is 0 Å². The maximum absolute atomic E-state index is 9.99. The molecule has 0 aliphatic heterocycles. The van der Waals surface area contributed by atoms with Crippen molar-refractivity contribution in [3.8, 4) is 5.75 Å². The van der Waals surface area contributed by atoms with Gasteiger partial charge in [0.1, 0.15) is 11.9 Å². The maximum Gasteiger partial charge on any atom is 0.134 e. The summed E-state index contributed by atoms with van der Waals surface area (Å²) >= 11 is 3.62. The SMILES string of the molecule is OC1CCCCC1Oc1ccc2ccccc2c1Br. The van der Waals surface area contributed by atoms with Gasteiger partial charge >= 0.3 is 0 Å². The van der Waals surface area contributed by atoms with E-state index in [1.54, 1.807) is 0 Å². The van der Waals surface area contributed by atoms with Gasteiger partial charge in [0.25, 0.3) is 0 Å². The molecule has 0 aromatic heterocycles. The largest absolute Gasteiger partial charge is 0.487 e. The van der Waals surface area contributed by atoms with E-state index in [4.69, 9.17) is 4.74 Å². The Bertz CT molecular complexity index is 582. The van der Waals surface area contributed by atoms with Crippen LogP contribution in [0.3, 0.4) is 0 Å². The first-order chi connectivity index (χ1) is 9.25. The molecule has 2 unspecified atom stereocenters. The first-order valence-corrected chi connectivity index (χ1v) is 7.57. The highest BCUT2D eigenvalue weighted by Gasteiger charge is 2.25. The van der Waals surface area contributed by atoms with E-state index >= 15 is 0 Å². The molecular formula is C16H17BrO2. The summed E-state index contributed by atoms with van der Waals surface area (Å²) in [5.74, 6) is 0.824. The molecule has 100 valence electrons. The second kappa shape index (κ2) is 5.51. The molecule has 0 amide bonds. The molecule has 2 aromatic carbocycles. The van der Waals surface area contributed by atoms with Gasteiger partial charge in [-0.25, -0.2) is 0 Å². The second-order valence-electron chi connectivity index (χ2n) is 5.11. The molecular weight excluding hydrogens is 304 g/mol. The van der Waals surface area contributed by atoms with E-state index in [9.17, 15) is 5.11 Å². The van der Waals surface area contributed by atoms with Gasteiger partial charge in [0.15, 0.2) is 0 Å². The third kappa shape index (κ3) is 2.63. The van der Waals surface area contributed by atoms with Crippen LogP contribution in [0.15, 0.2) is 40.9 Å². The van der Waals surface area contributed by atoms with Crippen molar-refractivity contribution in [1.82, 2.24) is 0 Å². The maximum atomic E-state index is 9.99. The molecule has 19 heavy (non-hydrogen) atoms. The zero-order chi connectivity index (χ0) is 13.2. The van der Waals surface area contributed by atoms with Crippen molar-refractivity contribution in [2.24, 2.45) is 0 Å². The smallest absolute Gasteiger partial charge is 0.134 e. The molecule has 0 spiro atoms. The lowest BCUT2D eigenvalue weighted by atomic mass is 9.95. The number of hydrogen-bond donors (Lipinski definition) is 1. The predicted octanol–water partition coefficient (Wildman–Crippen LogP) is 4.28. The van der Waals surface area contributed by atoms with Gasteiger partial charge in [-0.3, -0.25) is 0 Å². The fraction of sp³-hybridized carbons (Fsp3) is 0.375. The Hall–Kier alpha value is -1.06. The van der Waals surface area contributed by atoms with Crippen molar-refractivity contribution in [2.75, 3.05) is 0 Å². The summed E-state index contributed by atoms with van der Waals surface area (Å²) in [7, 11) is 0. The van der Waals surface area contributed by atoms with Gasteiger partial charge in [0.05, 0.1) is 10.6 Å². The van der Waals surface area contributed by atoms with Crippen molar-refractivity contribution in [2.45, 2.75) is 37.9 Å². The van der Waals surface area contributed by atoms with Gasteiger partial charge in [0.2, 0.25) is 0 Å². The highest BCUT2D eigenvalue weighted by Crippen LogP contribution is 2.35. The molecule has 1 saturated carbocycles. The van der Waals surface area contributed by atoms with Gasteiger partial charge in [-0.05, 0) is 52.0 Å². The number of fused-ring (bicyclic) bond motifs is 1. The summed E-state index contributed by atoms with van der Waals surface area (Å²) < 4.78 is 6.98. The third-order valence-electron chi connectivity index (χ3n) is 3.77. The van der Waals surface area contributed by atoms with Gasteiger partial charge < -0.3 is 9.84 Å². The fourth-order valence-electron chi connectivity index (χ4n) is 2.68. The Morgan fingerprint density at radius 2 is 1.84 bits per heavy atom. The number of ether oxygens (including phenoxy) is 1. The highest BCUT2D eigenvalue weighted by molar-refractivity contribution is 9.10. The topological polar surface area (TPSA) is 29.5 Å². The van der Waals surface area contributed by atoms with Crippen LogP contribution in [0.25, 0.3) is 10.8 Å². The molecule has 0 radical (unpaired) electrons. The van der Waals surface area contributed by atoms with Gasteiger partial charge in [0, 0.05) is 0 Å². The van der Waals surface area contributed by atoms with E-state index in [-0.39, 0.29) is 12.2 Å². The molecule has 2 atom stereocenters. The number of benzene rings is 2. The Morgan fingerprint density at radius 3 is 2.68 bits per heavy atom. The van der Waals surface area contributed by atoms with Crippen LogP contribution in [0, 0.1) is 0 Å². The average Bonchev–Trinajstić information content (AvgIpc) is 2.44. The van der Waals surface area contributed by atoms with Crippen LogP contribution >= 0.6 is 15.9 Å². The predicted molar refractivity (Wildman–Crippen MR) is 80.5 cm³/mol. The molecule has 2 aromatic rings. The zero-order valence-electron chi connectivity index (χ0n) is 10.7. The van der Waals surface area contributed by atoms with Gasteiger partial charge in [-0.15, -0.1) is 0 Å². The summed E-state index contributed by atoms with van der Waals surface area (Å²) in [4.78, 5) is 0. The van der Waals surface area contributed by atoms with E-state index in [0.717, 1.165) is 41.3 Å². The van der Waals surface area contributed by atoms with Crippen LogP contribution in [0.5, 0.6) is 5.75 Å². The van der Waals surface area contributed by atoms with Crippen molar-refractivity contribution < 1.29 is 9.84 Å². The minimum absolute atomic E-state index is 0.0776. The number of aliphatic hydroxyl groups is 1. The molecule has 1 aliphatic rings. The third-order valence-corrected chi connectivity index (χ3v) is 4.59. The van der Waals surface area contributed by atoms with Gasteiger partial charge in [-0.1, -0.05) is 36.8 Å². The molecule has 1 fully saturated rings. The second-order valence-corrected chi connectivity index (χ2v) is 5.90. The highest BCUT2D eigenvalue weighted by atomic mass is 79.9. The summed E-state index contributed by atoms with van der Waals surface area (Å²) in [6.45, 7) is 0. The lowest BCUT2D eigenvalue weighted by Crippen LogP contribution is -2.34. The molecule has 0 bridgehead atoms. The summed E-state index contributed by atoms with van der Waals surface area (Å²) in [5, 5.41) is 12.3. The van der Waals surface area contributed by atoms with Crippen molar-refractivity contribution in [1.29, 1.82) is 0 Å². The number of halogens is 1. The Kier molecular flexibility index (Phi) is 3.76. The lowest BCUT2D eigenvalue weighted by Gasteiger charge is -2.28. The molecule has 1 aliphatic carbocycles. The Balaban J connectivity index is 1.90. The number of hydrogen-bond acceptors (Lipinski definition) is 2. The monoisotopic (exact) mass is 320 g/mol. The Labute approximate surface area is 121 Å². The van der Waals surface area contributed by atoms with Crippen molar-refractivity contribution in [3.05, 3.63) is 40.9 Å². The summed E-state index contributed by atoms with van der Waals surface area (Å²) in [5.41, 5.74) is 0. The van der Waals surface area contributed by atoms with Crippen LogP contribution in [0.2, 0.25) is 0 Å². The molecule has 0 saturated heterocycles. The molecule has 0 heterocycles. The number of aliphatic hydroxyl groups excluding tert-OH is 1. The van der Waals surface area contributed by atoms with Crippen LogP contribution in [0.1, 0.15) is 25.7 Å². The lowest BCUT2D eigenvalue weighted by molar-refractivity contribution is 0.00657. The molecule has 1 N–H and O–H groups in total. The zero-order valence-corrected chi connectivity index (χ0v) is 12.3. The van der Waals surface area contributed by atoms with E-state index < -0.39 is 0 Å². The fourth-order valence-corrected chi connectivity index (χ4v) is 3.27. The van der Waals surface area contributed by atoms with Gasteiger partial charge in [-0.2, -0.15) is 0 Å². The normalized spacial score (nSPS) is 23.5. The van der Waals surface area contributed by atoms with Crippen LogP contribution in [-0.4, -0.2) is 17.3 Å². The van der Waals surface area contributed by atoms with Crippen LogP contribution in [0.4, 0.5) is 0 Å². The number of rotatable bonds is 2. The first kappa shape index (κ1) is 12.9. The molecule has 3 heteroatoms. The van der Waals surface area contributed by atoms with E-state index in [2.05, 4.69) is 34.1 Å². The van der Waals surface area contributed by atoms with Crippen LogP contribution < -0.4 is 4.74 Å². The standard InChI is InChI=1S/C16H17BrO2/c17-16-12-6-2-1-5-11(12)9-10-15(16)19-14-8-4-3-7-13(14)18/h1-2,5-6,9-10,13-14,18H,3-4,7-8H2. The minimum Gasteiger partial charge on any atom is -0.487 e. The molecule has 3 rings (SSSR count). The van der Waals surface area contributed by atoms with Crippen molar-refractivity contribution >= 4 is 26.7 Å². The minimum atomic E-state index is -0.341. The molecule has 2 nitrogen and oxygen atoms in total. The van der Waals surface area contributed by atoms with E-state index in [0.29, 0.717) is 0 Å². The first-order valence-electron chi connectivity index (χ1n) is 6.77. The Morgan fingerprint density at radius 1 is 1.05 bits per heavy atom.